The molecule has 2 N–H and O–H groups in total. The first kappa shape index (κ1) is 12.5. The first-order valence-corrected chi connectivity index (χ1v) is 2.99. The first-order valence-electron chi connectivity index (χ1n) is 2.99. The van der Waals surface area contributed by atoms with E-state index in [4.69, 9.17) is 10.2 Å². The lowest BCUT2D eigenvalue weighted by Gasteiger charge is -2.27. The van der Waals surface area contributed by atoms with Crippen molar-refractivity contribution in [3.05, 3.63) is 0 Å². The van der Waals surface area contributed by atoms with Crippen molar-refractivity contribution in [2.45, 2.75) is 24.4 Å². The van der Waals surface area contributed by atoms with Gasteiger partial charge in [-0.2, -0.15) is 17.6 Å². The minimum atomic E-state index is -5.45. The van der Waals surface area contributed by atoms with Crippen LogP contribution in [0.5, 0.6) is 0 Å². The molecule has 0 rings (SSSR count). The Bertz CT molecular complexity index is 170. The molecule has 80 valence electrons. The zero-order chi connectivity index (χ0) is 10.9. The molecule has 0 bridgehead atoms. The standard InChI is InChI=1S/C5H6F6O2/c6-2(3(7)13)5(10,11)4(8,9)1-12/h2-3,12-13H,1H2. The normalized spacial score (nSPS) is 18.5. The van der Waals surface area contributed by atoms with E-state index in [9.17, 15) is 26.3 Å². The van der Waals surface area contributed by atoms with E-state index >= 15 is 0 Å². The highest BCUT2D eigenvalue weighted by Gasteiger charge is 2.63. The molecule has 0 aliphatic carbocycles. The lowest BCUT2D eigenvalue weighted by atomic mass is 10.1. The molecule has 0 saturated carbocycles. The number of aliphatic hydroxyl groups is 2. The second-order valence-corrected chi connectivity index (χ2v) is 2.26. The molecule has 0 fully saturated rings. The molecule has 0 spiro atoms. The van der Waals surface area contributed by atoms with Crippen molar-refractivity contribution in [2.24, 2.45) is 0 Å². The number of aliphatic hydroxyl groups excluding tert-OH is 2. The van der Waals surface area contributed by atoms with Crippen LogP contribution in [0.2, 0.25) is 0 Å². The average Bonchev–Trinajstić information content (AvgIpc) is 2.02. The Morgan fingerprint density at radius 2 is 1.46 bits per heavy atom. The van der Waals surface area contributed by atoms with Gasteiger partial charge in [-0.1, -0.05) is 0 Å². The largest absolute Gasteiger partial charge is 0.390 e. The first-order chi connectivity index (χ1) is 5.66. The van der Waals surface area contributed by atoms with E-state index in [1.807, 2.05) is 0 Å². The maximum absolute atomic E-state index is 12.2. The Balaban J connectivity index is 4.74. The van der Waals surface area contributed by atoms with E-state index in [2.05, 4.69) is 0 Å². The molecular formula is C5H6F6O2. The molecule has 0 heterocycles. The van der Waals surface area contributed by atoms with Crippen LogP contribution in [0.3, 0.4) is 0 Å². The van der Waals surface area contributed by atoms with Gasteiger partial charge in [-0.25, -0.2) is 8.78 Å². The Hall–Kier alpha value is -0.500. The van der Waals surface area contributed by atoms with Gasteiger partial charge < -0.3 is 10.2 Å². The van der Waals surface area contributed by atoms with E-state index in [1.165, 1.54) is 0 Å². The molecular weight excluding hydrogens is 206 g/mol. The maximum atomic E-state index is 12.2. The fourth-order valence-corrected chi connectivity index (χ4v) is 0.480. The molecule has 0 amide bonds. The van der Waals surface area contributed by atoms with E-state index in [-0.39, 0.29) is 0 Å². The van der Waals surface area contributed by atoms with E-state index < -0.39 is 31.0 Å². The van der Waals surface area contributed by atoms with Crippen LogP contribution in [0.25, 0.3) is 0 Å². The van der Waals surface area contributed by atoms with Crippen molar-refractivity contribution < 1.29 is 36.6 Å². The summed E-state index contributed by atoms with van der Waals surface area (Å²) in [5.74, 6) is -10.6. The Morgan fingerprint density at radius 1 is 1.08 bits per heavy atom. The predicted octanol–water partition coefficient (Wildman–Crippen LogP) is 0.875. The van der Waals surface area contributed by atoms with Crippen LogP contribution >= 0.6 is 0 Å². The van der Waals surface area contributed by atoms with Crippen LogP contribution in [0.1, 0.15) is 0 Å². The van der Waals surface area contributed by atoms with Crippen LogP contribution < -0.4 is 0 Å². The molecule has 2 nitrogen and oxygen atoms in total. The molecule has 13 heavy (non-hydrogen) atoms. The van der Waals surface area contributed by atoms with Gasteiger partial charge in [0.15, 0.2) is 0 Å². The zero-order valence-electron chi connectivity index (χ0n) is 6.02. The monoisotopic (exact) mass is 212 g/mol. The van der Waals surface area contributed by atoms with Crippen LogP contribution in [-0.2, 0) is 0 Å². The summed E-state index contributed by atoms with van der Waals surface area (Å²) in [6.45, 7) is -2.34. The number of hydrogen-bond acceptors (Lipinski definition) is 2. The molecule has 8 heteroatoms. The van der Waals surface area contributed by atoms with Crippen molar-refractivity contribution in [3.8, 4) is 0 Å². The third-order valence-corrected chi connectivity index (χ3v) is 1.27. The van der Waals surface area contributed by atoms with Crippen LogP contribution in [0.4, 0.5) is 26.3 Å². The van der Waals surface area contributed by atoms with E-state index in [0.717, 1.165) is 0 Å². The van der Waals surface area contributed by atoms with E-state index in [1.54, 1.807) is 0 Å². The lowest BCUT2D eigenvalue weighted by molar-refractivity contribution is -0.274. The van der Waals surface area contributed by atoms with Crippen molar-refractivity contribution in [3.63, 3.8) is 0 Å². The summed E-state index contributed by atoms with van der Waals surface area (Å²) in [5.41, 5.74) is 0. The van der Waals surface area contributed by atoms with Crippen LogP contribution in [0.15, 0.2) is 0 Å². The molecule has 0 radical (unpaired) electrons. The van der Waals surface area contributed by atoms with Crippen molar-refractivity contribution in [1.29, 1.82) is 0 Å². The summed E-state index contributed by atoms with van der Waals surface area (Å²) in [5, 5.41) is 15.4. The minimum absolute atomic E-state index is 2.34. The van der Waals surface area contributed by atoms with Crippen molar-refractivity contribution in [1.82, 2.24) is 0 Å². The fraction of sp³-hybridized carbons (Fsp3) is 1.00. The summed E-state index contributed by atoms with van der Waals surface area (Å²) in [6.07, 6.45) is -7.80. The van der Waals surface area contributed by atoms with Gasteiger partial charge >= 0.3 is 11.8 Å². The molecule has 0 aromatic rings. The zero-order valence-corrected chi connectivity index (χ0v) is 6.02. The van der Waals surface area contributed by atoms with Gasteiger partial charge in [0, 0.05) is 0 Å². The Labute approximate surface area is 68.8 Å². The molecule has 0 aromatic carbocycles. The summed E-state index contributed by atoms with van der Waals surface area (Å²) in [6, 6.07) is 0. The summed E-state index contributed by atoms with van der Waals surface area (Å²) < 4.78 is 71.9. The van der Waals surface area contributed by atoms with Gasteiger partial charge in [0.25, 0.3) is 0 Å². The predicted molar refractivity (Wildman–Crippen MR) is 29.0 cm³/mol. The molecule has 0 aliphatic rings. The summed E-state index contributed by atoms with van der Waals surface area (Å²) in [4.78, 5) is 0. The minimum Gasteiger partial charge on any atom is -0.390 e. The molecule has 0 saturated heterocycles. The average molecular weight is 212 g/mol. The van der Waals surface area contributed by atoms with Crippen LogP contribution in [-0.4, -0.2) is 41.2 Å². The molecule has 2 unspecified atom stereocenters. The van der Waals surface area contributed by atoms with Crippen molar-refractivity contribution >= 4 is 0 Å². The SMILES string of the molecule is OCC(F)(F)C(F)(F)C(F)C(O)F. The van der Waals surface area contributed by atoms with E-state index in [0.29, 0.717) is 0 Å². The van der Waals surface area contributed by atoms with Gasteiger partial charge in [0.1, 0.15) is 6.61 Å². The number of rotatable bonds is 4. The second-order valence-electron chi connectivity index (χ2n) is 2.26. The quantitative estimate of drug-likeness (QED) is 0.679. The number of hydrogen-bond donors (Lipinski definition) is 2. The topological polar surface area (TPSA) is 40.5 Å². The third-order valence-electron chi connectivity index (χ3n) is 1.27. The number of alkyl halides is 6. The Morgan fingerprint density at radius 3 is 1.69 bits per heavy atom. The number of halogens is 6. The fourth-order valence-electron chi connectivity index (χ4n) is 0.480. The second kappa shape index (κ2) is 3.70. The van der Waals surface area contributed by atoms with Gasteiger partial charge in [-0.3, -0.25) is 0 Å². The smallest absolute Gasteiger partial charge is 0.348 e. The molecule has 0 aliphatic heterocycles. The maximum Gasteiger partial charge on any atom is 0.348 e. The van der Waals surface area contributed by atoms with Gasteiger partial charge in [-0.05, 0) is 0 Å². The summed E-state index contributed by atoms with van der Waals surface area (Å²) >= 11 is 0. The van der Waals surface area contributed by atoms with Gasteiger partial charge in [0.05, 0.1) is 0 Å². The Kier molecular flexibility index (Phi) is 3.56. The van der Waals surface area contributed by atoms with Crippen molar-refractivity contribution in [2.75, 3.05) is 6.61 Å². The van der Waals surface area contributed by atoms with Crippen LogP contribution in [0, 0.1) is 0 Å². The van der Waals surface area contributed by atoms with Gasteiger partial charge in [0.2, 0.25) is 12.5 Å². The third kappa shape index (κ3) is 2.25. The highest BCUT2D eigenvalue weighted by molar-refractivity contribution is 4.91. The van der Waals surface area contributed by atoms with Gasteiger partial charge in [-0.15, -0.1) is 0 Å². The highest BCUT2D eigenvalue weighted by atomic mass is 19.3. The molecule has 2 atom stereocenters. The highest BCUT2D eigenvalue weighted by Crippen LogP contribution is 2.39. The summed E-state index contributed by atoms with van der Waals surface area (Å²) in [7, 11) is 0. The lowest BCUT2D eigenvalue weighted by Crippen LogP contribution is -2.53. The molecule has 0 aromatic heterocycles.